The van der Waals surface area contributed by atoms with Gasteiger partial charge in [0.2, 0.25) is 0 Å². The second-order valence-corrected chi connectivity index (χ2v) is 6.06. The largest absolute Gasteiger partial charge is 0.378 e. The Labute approximate surface area is 132 Å². The van der Waals surface area contributed by atoms with Crippen molar-refractivity contribution in [3.8, 4) is 0 Å². The van der Waals surface area contributed by atoms with E-state index in [2.05, 4.69) is 17.5 Å². The number of halogens is 1. The molecule has 2 aliphatic rings. The maximum atomic E-state index is 13.6. The van der Waals surface area contributed by atoms with Crippen LogP contribution in [0.15, 0.2) is 54.6 Å². The summed E-state index contributed by atoms with van der Waals surface area (Å²) in [5.74, 6) is 0.149. The van der Waals surface area contributed by atoms with E-state index in [0.717, 1.165) is 23.2 Å². The van der Waals surface area contributed by atoms with Crippen molar-refractivity contribution in [2.75, 3.05) is 5.32 Å². The Hall–Kier alpha value is -2.69. The first kappa shape index (κ1) is 13.9. The molecule has 1 N–H and O–H groups in total. The van der Waals surface area contributed by atoms with Crippen molar-refractivity contribution in [2.45, 2.75) is 18.4 Å². The van der Waals surface area contributed by atoms with Gasteiger partial charge in [0.05, 0.1) is 11.0 Å². The van der Waals surface area contributed by atoms with Crippen molar-refractivity contribution < 1.29 is 9.31 Å². The standard InChI is InChI=1S/C18H15FN2O2/c19-12-7-8-17-16(10-12)14-5-2-6-15(14)18(20-17)11-3-1-4-13(9-11)21(22)23/h1-5,7-10,14-15,18,20H,6H2. The molecule has 3 atom stereocenters. The van der Waals surface area contributed by atoms with Gasteiger partial charge in [0, 0.05) is 23.7 Å². The average Bonchev–Trinajstić information content (AvgIpc) is 3.04. The molecule has 0 saturated carbocycles. The second-order valence-electron chi connectivity index (χ2n) is 6.06. The molecule has 4 nitrogen and oxygen atoms in total. The number of hydrogen-bond donors (Lipinski definition) is 1. The third-order valence-electron chi connectivity index (χ3n) is 4.76. The predicted octanol–water partition coefficient (Wildman–Crippen LogP) is 4.56. The molecule has 5 heteroatoms. The van der Waals surface area contributed by atoms with Gasteiger partial charge < -0.3 is 5.32 Å². The van der Waals surface area contributed by atoms with E-state index in [0.29, 0.717) is 0 Å². The number of nitrogens with zero attached hydrogens (tertiary/aromatic N) is 1. The van der Waals surface area contributed by atoms with Crippen molar-refractivity contribution in [3.05, 3.63) is 81.7 Å². The SMILES string of the molecule is O=[N+]([O-])c1cccc(C2Nc3ccc(F)cc3C3C=CCC32)c1. The van der Waals surface area contributed by atoms with Crippen LogP contribution in [0.25, 0.3) is 0 Å². The molecule has 0 amide bonds. The monoisotopic (exact) mass is 310 g/mol. The molecular formula is C18H15FN2O2. The van der Waals surface area contributed by atoms with E-state index in [9.17, 15) is 14.5 Å². The van der Waals surface area contributed by atoms with E-state index in [1.165, 1.54) is 12.1 Å². The van der Waals surface area contributed by atoms with Crippen LogP contribution in [0.1, 0.15) is 29.5 Å². The molecule has 116 valence electrons. The summed E-state index contributed by atoms with van der Waals surface area (Å²) in [5.41, 5.74) is 2.85. The first-order valence-corrected chi connectivity index (χ1v) is 7.60. The zero-order valence-corrected chi connectivity index (χ0v) is 12.3. The first-order valence-electron chi connectivity index (χ1n) is 7.60. The minimum absolute atomic E-state index is 0.0205. The van der Waals surface area contributed by atoms with E-state index in [4.69, 9.17) is 0 Å². The summed E-state index contributed by atoms with van der Waals surface area (Å²) in [4.78, 5) is 10.7. The van der Waals surface area contributed by atoms with Crippen LogP contribution in [0.4, 0.5) is 15.8 Å². The molecule has 0 aromatic heterocycles. The van der Waals surface area contributed by atoms with Gasteiger partial charge in [0.25, 0.3) is 5.69 Å². The minimum atomic E-state index is -0.375. The Morgan fingerprint density at radius 3 is 2.91 bits per heavy atom. The van der Waals surface area contributed by atoms with Crippen molar-refractivity contribution in [2.24, 2.45) is 5.92 Å². The topological polar surface area (TPSA) is 55.2 Å². The molecule has 0 bridgehead atoms. The molecule has 0 saturated heterocycles. The van der Waals surface area contributed by atoms with Gasteiger partial charge in [-0.3, -0.25) is 10.1 Å². The van der Waals surface area contributed by atoms with E-state index in [1.807, 2.05) is 6.07 Å². The number of benzene rings is 2. The molecule has 2 aromatic carbocycles. The summed E-state index contributed by atoms with van der Waals surface area (Å²) in [6, 6.07) is 11.5. The van der Waals surface area contributed by atoms with Crippen LogP contribution in [0, 0.1) is 21.8 Å². The highest BCUT2D eigenvalue weighted by Crippen LogP contribution is 2.50. The number of nitrogens with one attached hydrogen (secondary N) is 1. The van der Waals surface area contributed by atoms with Crippen LogP contribution < -0.4 is 5.32 Å². The maximum absolute atomic E-state index is 13.6. The lowest BCUT2D eigenvalue weighted by Crippen LogP contribution is -2.29. The van der Waals surface area contributed by atoms with Crippen LogP contribution in [0.2, 0.25) is 0 Å². The van der Waals surface area contributed by atoms with Gasteiger partial charge >= 0.3 is 0 Å². The number of fused-ring (bicyclic) bond motifs is 3. The Bertz CT molecular complexity index is 818. The van der Waals surface area contributed by atoms with Gasteiger partial charge in [-0.05, 0) is 41.7 Å². The summed E-state index contributed by atoms with van der Waals surface area (Å²) < 4.78 is 13.6. The third kappa shape index (κ3) is 2.29. The highest BCUT2D eigenvalue weighted by molar-refractivity contribution is 5.60. The van der Waals surface area contributed by atoms with Gasteiger partial charge in [0.1, 0.15) is 5.82 Å². The smallest absolute Gasteiger partial charge is 0.269 e. The molecular weight excluding hydrogens is 295 g/mol. The lowest BCUT2D eigenvalue weighted by Gasteiger charge is -2.37. The Balaban J connectivity index is 1.78. The van der Waals surface area contributed by atoms with E-state index < -0.39 is 0 Å². The summed E-state index contributed by atoms with van der Waals surface area (Å²) in [6.45, 7) is 0. The van der Waals surface area contributed by atoms with Crippen molar-refractivity contribution in [1.29, 1.82) is 0 Å². The number of anilines is 1. The average molecular weight is 310 g/mol. The molecule has 1 heterocycles. The van der Waals surface area contributed by atoms with Crippen LogP contribution in [-0.4, -0.2) is 4.92 Å². The van der Waals surface area contributed by atoms with Crippen LogP contribution >= 0.6 is 0 Å². The summed E-state index contributed by atoms with van der Waals surface area (Å²) in [5, 5.41) is 14.5. The number of hydrogen-bond acceptors (Lipinski definition) is 3. The predicted molar refractivity (Wildman–Crippen MR) is 85.8 cm³/mol. The van der Waals surface area contributed by atoms with E-state index >= 15 is 0 Å². The molecule has 1 aliphatic heterocycles. The molecule has 4 rings (SSSR count). The number of allylic oxidation sites excluding steroid dienone is 2. The molecule has 0 fully saturated rings. The minimum Gasteiger partial charge on any atom is -0.378 e. The van der Waals surface area contributed by atoms with Crippen molar-refractivity contribution in [3.63, 3.8) is 0 Å². The van der Waals surface area contributed by atoms with Crippen molar-refractivity contribution >= 4 is 11.4 Å². The van der Waals surface area contributed by atoms with Gasteiger partial charge in [-0.2, -0.15) is 0 Å². The zero-order chi connectivity index (χ0) is 16.0. The maximum Gasteiger partial charge on any atom is 0.269 e. The lowest BCUT2D eigenvalue weighted by molar-refractivity contribution is -0.384. The van der Waals surface area contributed by atoms with Gasteiger partial charge in [-0.15, -0.1) is 0 Å². The van der Waals surface area contributed by atoms with Gasteiger partial charge in [-0.25, -0.2) is 4.39 Å². The fraction of sp³-hybridized carbons (Fsp3) is 0.222. The number of nitro benzene ring substituents is 1. The third-order valence-corrected chi connectivity index (χ3v) is 4.76. The van der Waals surface area contributed by atoms with Crippen LogP contribution in [0.3, 0.4) is 0 Å². The normalized spacial score (nSPS) is 24.7. The molecule has 3 unspecified atom stereocenters. The molecule has 0 radical (unpaired) electrons. The highest BCUT2D eigenvalue weighted by Gasteiger charge is 2.38. The molecule has 23 heavy (non-hydrogen) atoms. The number of rotatable bonds is 2. The summed E-state index contributed by atoms with van der Waals surface area (Å²) in [7, 11) is 0. The van der Waals surface area contributed by atoms with Gasteiger partial charge in [0.15, 0.2) is 0 Å². The fourth-order valence-electron chi connectivity index (χ4n) is 3.73. The van der Waals surface area contributed by atoms with E-state index in [1.54, 1.807) is 24.3 Å². The summed E-state index contributed by atoms with van der Waals surface area (Å²) in [6.07, 6.45) is 5.11. The Kier molecular flexibility index (Phi) is 3.15. The van der Waals surface area contributed by atoms with E-state index in [-0.39, 0.29) is 34.3 Å². The number of nitro groups is 1. The van der Waals surface area contributed by atoms with Gasteiger partial charge in [-0.1, -0.05) is 24.3 Å². The van der Waals surface area contributed by atoms with Crippen LogP contribution in [-0.2, 0) is 0 Å². The lowest BCUT2D eigenvalue weighted by atomic mass is 9.77. The molecule has 0 spiro atoms. The number of non-ortho nitro benzene ring substituents is 1. The Morgan fingerprint density at radius 2 is 2.09 bits per heavy atom. The fourth-order valence-corrected chi connectivity index (χ4v) is 3.73. The quantitative estimate of drug-likeness (QED) is 0.502. The first-order chi connectivity index (χ1) is 11.1. The zero-order valence-electron chi connectivity index (χ0n) is 12.3. The Morgan fingerprint density at radius 1 is 1.22 bits per heavy atom. The summed E-state index contributed by atoms with van der Waals surface area (Å²) >= 11 is 0. The molecule has 1 aliphatic carbocycles. The highest BCUT2D eigenvalue weighted by atomic mass is 19.1. The van der Waals surface area contributed by atoms with Crippen molar-refractivity contribution in [1.82, 2.24) is 0 Å². The second kappa shape index (κ2) is 5.19. The van der Waals surface area contributed by atoms with Crippen LogP contribution in [0.5, 0.6) is 0 Å². The molecule has 2 aromatic rings.